The predicted molar refractivity (Wildman–Crippen MR) is 126 cm³/mol. The van der Waals surface area contributed by atoms with E-state index in [1.165, 1.54) is 6.20 Å². The van der Waals surface area contributed by atoms with Crippen molar-refractivity contribution in [2.24, 2.45) is 0 Å². The second-order valence-corrected chi connectivity index (χ2v) is 8.45. The molecule has 3 heterocycles. The van der Waals surface area contributed by atoms with E-state index in [2.05, 4.69) is 30.8 Å². The van der Waals surface area contributed by atoms with Crippen LogP contribution in [0.3, 0.4) is 0 Å². The SMILES string of the molecule is CC1(C)OC(=O)c2ccc(Nc3ncc(-c4n[nH]c(=O)o4)c(NC(CO)c4ccccc4)n3)cc21. The number of anilines is 3. The molecule has 5 rings (SSSR count). The smallest absolute Gasteiger partial charge is 0.434 e. The number of aromatic amines is 1. The Morgan fingerprint density at radius 1 is 1.11 bits per heavy atom. The summed E-state index contributed by atoms with van der Waals surface area (Å²) in [6, 6.07) is 14.1. The molecule has 0 bridgehead atoms. The van der Waals surface area contributed by atoms with Crippen LogP contribution in [0, 0.1) is 0 Å². The van der Waals surface area contributed by atoms with Crippen molar-refractivity contribution in [2.75, 3.05) is 17.2 Å². The minimum Gasteiger partial charge on any atom is -0.451 e. The summed E-state index contributed by atoms with van der Waals surface area (Å²) < 4.78 is 10.5. The number of ether oxygens (including phenoxy) is 1. The number of nitrogens with zero attached hydrogens (tertiary/aromatic N) is 3. The number of nitrogens with one attached hydrogen (secondary N) is 3. The molecule has 4 aromatic rings. The third kappa shape index (κ3) is 4.36. The predicted octanol–water partition coefficient (Wildman–Crippen LogP) is 3.11. The molecule has 1 aliphatic rings. The first-order valence-corrected chi connectivity index (χ1v) is 10.8. The maximum Gasteiger partial charge on any atom is 0.434 e. The number of fused-ring (bicyclic) bond motifs is 1. The summed E-state index contributed by atoms with van der Waals surface area (Å²) in [5, 5.41) is 22.4. The van der Waals surface area contributed by atoms with Crippen molar-refractivity contribution in [3.63, 3.8) is 0 Å². The Morgan fingerprint density at radius 2 is 1.91 bits per heavy atom. The highest BCUT2D eigenvalue weighted by Crippen LogP contribution is 2.37. The van der Waals surface area contributed by atoms with Crippen molar-refractivity contribution in [1.82, 2.24) is 20.2 Å². The van der Waals surface area contributed by atoms with Crippen LogP contribution in [0.2, 0.25) is 0 Å². The summed E-state index contributed by atoms with van der Waals surface area (Å²) in [7, 11) is 0. The molecule has 11 nitrogen and oxygen atoms in total. The standard InChI is InChI=1S/C24H22N6O5/c1-24(2)17-10-14(8-9-15(17)21(32)35-24)26-22-25-11-16(20-29-30-23(33)34-20)19(28-22)27-18(12-31)13-6-4-3-5-7-13/h3-11,18,31H,12H2,1-2H3,(H,30,33)(H2,25,26,27,28). The lowest BCUT2D eigenvalue weighted by molar-refractivity contribution is 0.00954. The van der Waals surface area contributed by atoms with Gasteiger partial charge in [0.05, 0.1) is 23.8 Å². The van der Waals surface area contributed by atoms with Crippen LogP contribution in [0.1, 0.15) is 41.4 Å². The molecule has 2 aromatic heterocycles. The molecule has 0 radical (unpaired) electrons. The molecule has 0 amide bonds. The Hall–Kier alpha value is -4.51. The van der Waals surface area contributed by atoms with E-state index >= 15 is 0 Å². The van der Waals surface area contributed by atoms with Crippen LogP contribution < -0.4 is 16.4 Å². The largest absolute Gasteiger partial charge is 0.451 e. The maximum atomic E-state index is 12.1. The number of carbonyl (C=O) groups is 1. The van der Waals surface area contributed by atoms with Gasteiger partial charge in [-0.05, 0) is 37.6 Å². The van der Waals surface area contributed by atoms with Crippen LogP contribution >= 0.6 is 0 Å². The number of H-pyrrole nitrogens is 1. The number of cyclic esters (lactones) is 1. The summed E-state index contributed by atoms with van der Waals surface area (Å²) in [4.78, 5) is 32.5. The molecule has 0 saturated carbocycles. The minimum atomic E-state index is -0.747. The number of esters is 1. The van der Waals surface area contributed by atoms with Crippen LogP contribution in [-0.2, 0) is 10.3 Å². The van der Waals surface area contributed by atoms with Crippen LogP contribution in [0.5, 0.6) is 0 Å². The van der Waals surface area contributed by atoms with E-state index in [0.717, 1.165) is 11.1 Å². The number of aliphatic hydroxyl groups is 1. The summed E-state index contributed by atoms with van der Waals surface area (Å²) in [5.74, 6) is -0.543. The average molecular weight is 474 g/mol. The molecule has 0 saturated heterocycles. The number of benzene rings is 2. The van der Waals surface area contributed by atoms with Crippen molar-refractivity contribution in [3.8, 4) is 11.5 Å². The van der Waals surface area contributed by atoms with Gasteiger partial charge < -0.3 is 24.9 Å². The van der Waals surface area contributed by atoms with Crippen molar-refractivity contribution in [2.45, 2.75) is 25.5 Å². The van der Waals surface area contributed by atoms with E-state index in [9.17, 15) is 14.7 Å². The quantitative estimate of drug-likeness (QED) is 0.294. The first kappa shape index (κ1) is 22.3. The Balaban J connectivity index is 1.50. The summed E-state index contributed by atoms with van der Waals surface area (Å²) in [6.07, 6.45) is 1.46. The highest BCUT2D eigenvalue weighted by molar-refractivity contribution is 5.95. The number of hydrogen-bond donors (Lipinski definition) is 4. The van der Waals surface area contributed by atoms with Gasteiger partial charge in [0.15, 0.2) is 0 Å². The van der Waals surface area contributed by atoms with Crippen LogP contribution in [0.15, 0.2) is 63.9 Å². The fraction of sp³-hybridized carbons (Fsp3) is 0.208. The summed E-state index contributed by atoms with van der Waals surface area (Å²) in [5.41, 5.74) is 2.34. The van der Waals surface area contributed by atoms with Gasteiger partial charge in [-0.1, -0.05) is 30.3 Å². The monoisotopic (exact) mass is 474 g/mol. The topological polar surface area (TPSA) is 155 Å². The molecule has 178 valence electrons. The number of aromatic nitrogens is 4. The van der Waals surface area contributed by atoms with E-state index in [4.69, 9.17) is 9.15 Å². The van der Waals surface area contributed by atoms with Gasteiger partial charge in [-0.2, -0.15) is 4.98 Å². The van der Waals surface area contributed by atoms with Gasteiger partial charge in [-0.3, -0.25) is 0 Å². The molecule has 2 aromatic carbocycles. The lowest BCUT2D eigenvalue weighted by Gasteiger charge is -2.20. The fourth-order valence-electron chi connectivity index (χ4n) is 3.91. The Morgan fingerprint density at radius 3 is 2.63 bits per heavy atom. The minimum absolute atomic E-state index is 0.00347. The maximum absolute atomic E-state index is 12.1. The van der Waals surface area contributed by atoms with E-state index in [1.54, 1.807) is 12.1 Å². The van der Waals surface area contributed by atoms with Crippen molar-refractivity contribution in [1.29, 1.82) is 0 Å². The number of carbonyl (C=O) groups excluding carboxylic acids is 1. The molecular formula is C24H22N6O5. The average Bonchev–Trinajstić information content (AvgIpc) is 3.37. The Bertz CT molecular complexity index is 1450. The van der Waals surface area contributed by atoms with Crippen LogP contribution in [-0.4, -0.2) is 37.8 Å². The van der Waals surface area contributed by atoms with Gasteiger partial charge in [0, 0.05) is 17.4 Å². The van der Waals surface area contributed by atoms with Crippen molar-refractivity contribution >= 4 is 23.4 Å². The summed E-state index contributed by atoms with van der Waals surface area (Å²) >= 11 is 0. The fourth-order valence-corrected chi connectivity index (χ4v) is 3.91. The van der Waals surface area contributed by atoms with Crippen LogP contribution in [0.25, 0.3) is 11.5 Å². The molecule has 0 spiro atoms. The van der Waals surface area contributed by atoms with Crippen LogP contribution in [0.4, 0.5) is 17.5 Å². The molecule has 1 aliphatic heterocycles. The first-order chi connectivity index (χ1) is 16.8. The molecule has 1 unspecified atom stereocenters. The third-order valence-electron chi connectivity index (χ3n) is 5.64. The molecule has 0 fully saturated rings. The number of hydrogen-bond acceptors (Lipinski definition) is 10. The highest BCUT2D eigenvalue weighted by atomic mass is 16.6. The molecule has 35 heavy (non-hydrogen) atoms. The van der Waals surface area contributed by atoms with Gasteiger partial charge in [0.25, 0.3) is 5.89 Å². The number of aliphatic hydroxyl groups excluding tert-OH is 1. The third-order valence-corrected chi connectivity index (χ3v) is 5.64. The summed E-state index contributed by atoms with van der Waals surface area (Å²) in [6.45, 7) is 3.43. The molecule has 4 N–H and O–H groups in total. The van der Waals surface area contributed by atoms with Crippen molar-refractivity contribution < 1.29 is 19.1 Å². The van der Waals surface area contributed by atoms with Gasteiger partial charge in [-0.25, -0.2) is 19.7 Å². The Labute approximate surface area is 199 Å². The van der Waals surface area contributed by atoms with Gasteiger partial charge in [0.2, 0.25) is 5.95 Å². The molecule has 11 heteroatoms. The van der Waals surface area contributed by atoms with Gasteiger partial charge in [-0.15, -0.1) is 5.10 Å². The van der Waals surface area contributed by atoms with Crippen molar-refractivity contribution in [3.05, 3.63) is 82.0 Å². The zero-order chi connectivity index (χ0) is 24.6. The van der Waals surface area contributed by atoms with Gasteiger partial charge >= 0.3 is 11.7 Å². The first-order valence-electron chi connectivity index (χ1n) is 10.8. The lowest BCUT2D eigenvalue weighted by Crippen LogP contribution is -2.17. The van der Waals surface area contributed by atoms with Gasteiger partial charge in [0.1, 0.15) is 11.4 Å². The molecule has 1 atom stereocenters. The zero-order valence-electron chi connectivity index (χ0n) is 18.9. The number of rotatable bonds is 7. The molecule has 0 aliphatic carbocycles. The normalized spacial score (nSPS) is 14.8. The van der Waals surface area contributed by atoms with E-state index in [0.29, 0.717) is 22.6 Å². The Kier molecular flexibility index (Phi) is 5.53. The van der Waals surface area contributed by atoms with E-state index < -0.39 is 17.4 Å². The zero-order valence-corrected chi connectivity index (χ0v) is 18.9. The lowest BCUT2D eigenvalue weighted by atomic mass is 9.95. The highest BCUT2D eigenvalue weighted by Gasteiger charge is 2.37. The molecular weight excluding hydrogens is 452 g/mol. The second-order valence-electron chi connectivity index (χ2n) is 8.45. The second kappa shape index (κ2) is 8.69. The van der Waals surface area contributed by atoms with E-state index in [1.807, 2.05) is 50.2 Å². The van der Waals surface area contributed by atoms with E-state index in [-0.39, 0.29) is 24.4 Å².